The Bertz CT molecular complexity index is 1840. The third-order valence-corrected chi connectivity index (χ3v) is 9.72. The Morgan fingerprint density at radius 1 is 1.00 bits per heavy atom. The molecule has 1 atom stereocenters. The van der Waals surface area contributed by atoms with Crippen molar-refractivity contribution in [3.8, 4) is 22.3 Å². The van der Waals surface area contributed by atoms with E-state index in [1.807, 2.05) is 37.3 Å². The molecule has 5 aromatic rings. The lowest BCUT2D eigenvalue weighted by atomic mass is 10.0. The number of pyridine rings is 1. The second-order valence-corrected chi connectivity index (χ2v) is 12.7. The molecule has 0 aliphatic carbocycles. The molecule has 1 aliphatic rings. The number of hydrogen-bond acceptors (Lipinski definition) is 5. The third kappa shape index (κ3) is 5.40. The minimum absolute atomic E-state index is 0.0603. The van der Waals surface area contributed by atoms with Crippen LogP contribution < -0.4 is 0 Å². The molecule has 0 amide bonds. The maximum absolute atomic E-state index is 14.3. The summed E-state index contributed by atoms with van der Waals surface area (Å²) in [4.78, 5) is 6.92. The van der Waals surface area contributed by atoms with Crippen molar-refractivity contribution in [2.45, 2.75) is 37.3 Å². The fourth-order valence-electron chi connectivity index (χ4n) is 5.46. The molecule has 3 aromatic carbocycles. The maximum atomic E-state index is 14.3. The monoisotopic (exact) mass is 589 g/mol. The zero-order valence-corrected chi connectivity index (χ0v) is 24.0. The van der Waals surface area contributed by atoms with Crippen molar-refractivity contribution >= 4 is 32.7 Å². The van der Waals surface area contributed by atoms with E-state index in [1.54, 1.807) is 30.5 Å². The van der Waals surface area contributed by atoms with E-state index in [1.165, 1.54) is 24.3 Å². The Morgan fingerprint density at radius 2 is 1.76 bits per heavy atom. The number of benzene rings is 3. The molecule has 3 heterocycles. The van der Waals surface area contributed by atoms with Gasteiger partial charge in [-0.2, -0.15) is 0 Å². The average molecular weight is 590 g/mol. The van der Waals surface area contributed by atoms with Gasteiger partial charge in [0.05, 0.1) is 11.0 Å². The van der Waals surface area contributed by atoms with Gasteiger partial charge in [-0.3, -0.25) is 4.90 Å². The number of piperidine rings is 1. The van der Waals surface area contributed by atoms with Crippen molar-refractivity contribution in [2.24, 2.45) is 0 Å². The quantitative estimate of drug-likeness (QED) is 0.240. The number of aryl methyl sites for hydroxylation is 1. The number of nitrogens with zero attached hydrogens (tertiary/aromatic N) is 3. The van der Waals surface area contributed by atoms with Crippen LogP contribution in [0.2, 0.25) is 5.15 Å². The largest absolute Gasteiger partial charge is 0.392 e. The molecular formula is C32H29ClFN3O3S. The van der Waals surface area contributed by atoms with E-state index in [4.69, 9.17) is 11.6 Å². The molecule has 0 radical (unpaired) electrons. The van der Waals surface area contributed by atoms with E-state index in [2.05, 4.69) is 9.88 Å². The number of β-amino-alcohol motifs (C(OH)–C–C–N with tert-alkyl or cyclic N) is 1. The molecule has 41 heavy (non-hydrogen) atoms. The van der Waals surface area contributed by atoms with Gasteiger partial charge in [0.15, 0.2) is 5.65 Å². The Labute approximate surface area is 243 Å². The van der Waals surface area contributed by atoms with Gasteiger partial charge in [-0.15, -0.1) is 0 Å². The maximum Gasteiger partial charge on any atom is 0.270 e. The number of likely N-dealkylation sites (tertiary alicyclic amines) is 1. The van der Waals surface area contributed by atoms with Crippen LogP contribution in [0, 0.1) is 12.7 Å². The molecule has 1 fully saturated rings. The minimum atomic E-state index is -4.11. The molecule has 6 rings (SSSR count). The van der Waals surface area contributed by atoms with Crippen molar-refractivity contribution in [1.29, 1.82) is 0 Å². The average Bonchev–Trinajstić information content (AvgIpc) is 3.25. The van der Waals surface area contributed by atoms with Crippen LogP contribution in [0.15, 0.2) is 90.0 Å². The Balaban J connectivity index is 1.45. The summed E-state index contributed by atoms with van der Waals surface area (Å²) < 4.78 is 43.0. The molecule has 6 nitrogen and oxygen atoms in total. The summed E-state index contributed by atoms with van der Waals surface area (Å²) in [5.41, 5.74) is 4.75. The third-order valence-electron chi connectivity index (χ3n) is 7.56. The zero-order valence-electron chi connectivity index (χ0n) is 22.5. The van der Waals surface area contributed by atoms with Gasteiger partial charge < -0.3 is 5.11 Å². The number of aliphatic hydroxyl groups is 1. The zero-order chi connectivity index (χ0) is 28.7. The van der Waals surface area contributed by atoms with Crippen LogP contribution in [0.25, 0.3) is 33.3 Å². The van der Waals surface area contributed by atoms with Crippen molar-refractivity contribution in [3.63, 3.8) is 0 Å². The lowest BCUT2D eigenvalue weighted by molar-refractivity contribution is 0.0668. The van der Waals surface area contributed by atoms with Crippen LogP contribution in [-0.4, -0.2) is 46.6 Å². The van der Waals surface area contributed by atoms with E-state index in [0.717, 1.165) is 52.2 Å². The fraction of sp³-hybridized carbons (Fsp3) is 0.219. The first-order valence-electron chi connectivity index (χ1n) is 13.5. The highest BCUT2D eigenvalue weighted by molar-refractivity contribution is 7.90. The summed E-state index contributed by atoms with van der Waals surface area (Å²) in [5, 5.41) is 10.4. The number of hydrogen-bond donors (Lipinski definition) is 1. The first-order chi connectivity index (χ1) is 19.7. The van der Waals surface area contributed by atoms with E-state index in [-0.39, 0.29) is 21.8 Å². The van der Waals surface area contributed by atoms with Crippen LogP contribution in [0.4, 0.5) is 4.39 Å². The summed E-state index contributed by atoms with van der Waals surface area (Å²) in [6.45, 7) is 4.28. The Morgan fingerprint density at radius 3 is 2.46 bits per heavy atom. The van der Waals surface area contributed by atoms with E-state index >= 15 is 0 Å². The highest BCUT2D eigenvalue weighted by Crippen LogP contribution is 2.41. The smallest absolute Gasteiger partial charge is 0.270 e. The van der Waals surface area contributed by atoms with Crippen molar-refractivity contribution in [1.82, 2.24) is 13.9 Å². The molecule has 1 aliphatic heterocycles. The van der Waals surface area contributed by atoms with Crippen LogP contribution in [-0.2, 0) is 16.6 Å². The van der Waals surface area contributed by atoms with Gasteiger partial charge in [-0.1, -0.05) is 65.7 Å². The highest BCUT2D eigenvalue weighted by Gasteiger charge is 2.28. The van der Waals surface area contributed by atoms with Gasteiger partial charge >= 0.3 is 0 Å². The SMILES string of the molecule is Cc1ccc(S(=O)(=O)n2c(Cl)c(-c3cccc(F)c3)c3cc(-c4ccc(CN5CCCC(O)C5)cc4)cnc32)cc1. The van der Waals surface area contributed by atoms with Crippen molar-refractivity contribution in [3.05, 3.63) is 107 Å². The number of halogens is 2. The minimum Gasteiger partial charge on any atom is -0.392 e. The summed E-state index contributed by atoms with van der Waals surface area (Å²) in [5.74, 6) is -0.457. The van der Waals surface area contributed by atoms with Gasteiger partial charge in [-0.25, -0.2) is 21.8 Å². The molecule has 0 saturated carbocycles. The number of fused-ring (bicyclic) bond motifs is 1. The summed E-state index contributed by atoms with van der Waals surface area (Å²) in [7, 11) is -4.11. The normalized spacial score (nSPS) is 16.3. The van der Waals surface area contributed by atoms with Crippen LogP contribution >= 0.6 is 11.6 Å². The molecule has 210 valence electrons. The van der Waals surface area contributed by atoms with Crippen molar-refractivity contribution in [2.75, 3.05) is 13.1 Å². The molecular weight excluding hydrogens is 561 g/mol. The molecule has 0 bridgehead atoms. The number of aromatic nitrogens is 2. The summed E-state index contributed by atoms with van der Waals surface area (Å²) in [6.07, 6.45) is 3.19. The molecule has 1 saturated heterocycles. The molecule has 1 N–H and O–H groups in total. The van der Waals surface area contributed by atoms with Gasteiger partial charge in [0.1, 0.15) is 11.0 Å². The first-order valence-corrected chi connectivity index (χ1v) is 15.3. The Kier molecular flexibility index (Phi) is 7.42. The van der Waals surface area contributed by atoms with Crippen LogP contribution in [0.5, 0.6) is 0 Å². The standard InChI is InChI=1S/C32H29ClFN3O3S/c1-21-7-13-28(14-8-21)41(39,40)37-31(33)30(24-4-2-5-26(34)16-24)29-17-25(18-35-32(29)37)23-11-9-22(10-12-23)19-36-15-3-6-27(38)20-36/h2,4-5,7-14,16-18,27,38H,3,6,15,19-20H2,1H3. The fourth-order valence-corrected chi connectivity index (χ4v) is 7.39. The molecule has 2 aromatic heterocycles. The predicted molar refractivity (Wildman–Crippen MR) is 160 cm³/mol. The van der Waals surface area contributed by atoms with Crippen LogP contribution in [0.3, 0.4) is 0 Å². The van der Waals surface area contributed by atoms with Gasteiger partial charge in [0.25, 0.3) is 10.0 Å². The lowest BCUT2D eigenvalue weighted by Gasteiger charge is -2.29. The van der Waals surface area contributed by atoms with Gasteiger partial charge in [0.2, 0.25) is 0 Å². The lowest BCUT2D eigenvalue weighted by Crippen LogP contribution is -2.37. The van der Waals surface area contributed by atoms with Crippen molar-refractivity contribution < 1.29 is 17.9 Å². The van der Waals surface area contributed by atoms with Gasteiger partial charge in [-0.05, 0) is 73.3 Å². The number of aliphatic hydroxyl groups excluding tert-OH is 1. The molecule has 0 spiro atoms. The first kappa shape index (κ1) is 27.6. The Hall–Kier alpha value is -3.56. The topological polar surface area (TPSA) is 75.4 Å². The molecule has 9 heteroatoms. The highest BCUT2D eigenvalue weighted by atomic mass is 35.5. The predicted octanol–water partition coefficient (Wildman–Crippen LogP) is 6.66. The summed E-state index contributed by atoms with van der Waals surface area (Å²) in [6, 6.07) is 22.4. The second kappa shape index (κ2) is 11.0. The van der Waals surface area contributed by atoms with E-state index in [9.17, 15) is 17.9 Å². The second-order valence-electron chi connectivity index (χ2n) is 10.6. The summed E-state index contributed by atoms with van der Waals surface area (Å²) >= 11 is 6.83. The van der Waals surface area contributed by atoms with Gasteiger partial charge in [0, 0.05) is 35.8 Å². The molecule has 1 unspecified atom stereocenters. The van der Waals surface area contributed by atoms with E-state index < -0.39 is 15.8 Å². The van der Waals surface area contributed by atoms with Crippen LogP contribution in [0.1, 0.15) is 24.0 Å². The number of rotatable bonds is 6. The van der Waals surface area contributed by atoms with E-state index in [0.29, 0.717) is 23.1 Å².